The first-order valence-electron chi connectivity index (χ1n) is 13.2. The molecule has 3 heterocycles. The van der Waals surface area contributed by atoms with Gasteiger partial charge in [-0.05, 0) is 56.0 Å². The SMILES string of the molecule is CCCN(c1ncc(C(F)(F)F)cc1CN1C(=O)OC(c2cc(C(F)(F)F)cc(C(F)(F)F)c2)C1C)C1CCOCC1. The van der Waals surface area contributed by atoms with Crippen LogP contribution >= 0.6 is 0 Å². The summed E-state index contributed by atoms with van der Waals surface area (Å²) in [5, 5.41) is 0. The lowest BCUT2D eigenvalue weighted by molar-refractivity contribution is -0.143. The number of pyridine rings is 1. The summed E-state index contributed by atoms with van der Waals surface area (Å²) < 4.78 is 132. The molecular formula is C27H28F9N3O3. The fourth-order valence-electron chi connectivity index (χ4n) is 5.22. The molecule has 4 rings (SSSR count). The highest BCUT2D eigenvalue weighted by Crippen LogP contribution is 2.42. The van der Waals surface area contributed by atoms with Gasteiger partial charge in [-0.25, -0.2) is 9.78 Å². The summed E-state index contributed by atoms with van der Waals surface area (Å²) in [4.78, 5) is 19.9. The molecule has 2 saturated heterocycles. The third-order valence-electron chi connectivity index (χ3n) is 7.31. The number of cyclic esters (lactones) is 1. The Kier molecular flexibility index (Phi) is 8.91. The molecule has 0 saturated carbocycles. The minimum atomic E-state index is -5.12. The Morgan fingerprint density at radius 1 is 0.905 bits per heavy atom. The summed E-state index contributed by atoms with van der Waals surface area (Å²) in [5.74, 6) is 0.193. The van der Waals surface area contributed by atoms with Crippen LogP contribution in [-0.4, -0.2) is 47.8 Å². The van der Waals surface area contributed by atoms with Crippen molar-refractivity contribution in [3.8, 4) is 0 Å². The Bertz CT molecular complexity index is 1240. The number of rotatable bonds is 7. The lowest BCUT2D eigenvalue weighted by Crippen LogP contribution is -2.42. The number of carbonyl (C=O) groups excluding carboxylic acids is 1. The normalized spacial score (nSPS) is 20.6. The van der Waals surface area contributed by atoms with Gasteiger partial charge in [0.05, 0.1) is 29.3 Å². The molecule has 2 atom stereocenters. The summed E-state index contributed by atoms with van der Waals surface area (Å²) in [6.45, 7) is 4.06. The predicted molar refractivity (Wildman–Crippen MR) is 131 cm³/mol. The van der Waals surface area contributed by atoms with E-state index < -0.39 is 65.6 Å². The van der Waals surface area contributed by atoms with E-state index in [1.807, 2.05) is 11.8 Å². The molecule has 0 N–H and O–H groups in total. The lowest BCUT2D eigenvalue weighted by Gasteiger charge is -2.37. The van der Waals surface area contributed by atoms with Crippen LogP contribution in [0.5, 0.6) is 0 Å². The van der Waals surface area contributed by atoms with Crippen LogP contribution in [0.1, 0.15) is 67.0 Å². The summed E-state index contributed by atoms with van der Waals surface area (Å²) in [5.41, 5.74) is -4.77. The van der Waals surface area contributed by atoms with Crippen molar-refractivity contribution < 1.29 is 53.8 Å². The molecule has 2 aromatic rings. The monoisotopic (exact) mass is 613 g/mol. The number of aromatic nitrogens is 1. The fraction of sp³-hybridized carbons (Fsp3) is 0.556. The maximum atomic E-state index is 13.7. The minimum absolute atomic E-state index is 0.00856. The maximum Gasteiger partial charge on any atom is 0.417 e. The zero-order valence-electron chi connectivity index (χ0n) is 22.5. The highest BCUT2D eigenvalue weighted by molar-refractivity contribution is 5.71. The fourth-order valence-corrected chi connectivity index (χ4v) is 5.22. The molecule has 0 bridgehead atoms. The van der Waals surface area contributed by atoms with Crippen molar-refractivity contribution in [3.05, 3.63) is 58.3 Å². The average Bonchev–Trinajstić information content (AvgIpc) is 3.19. The predicted octanol–water partition coefficient (Wildman–Crippen LogP) is 7.62. The molecule has 2 unspecified atom stereocenters. The molecule has 1 amide bonds. The second-order valence-corrected chi connectivity index (χ2v) is 10.3. The van der Waals surface area contributed by atoms with E-state index in [1.54, 1.807) is 0 Å². The first kappa shape index (κ1) is 31.7. The number of anilines is 1. The molecule has 0 aliphatic carbocycles. The van der Waals surface area contributed by atoms with Crippen LogP contribution in [0.3, 0.4) is 0 Å². The quantitative estimate of drug-likeness (QED) is 0.301. The molecule has 0 radical (unpaired) electrons. The molecule has 2 fully saturated rings. The van der Waals surface area contributed by atoms with E-state index in [0.717, 1.165) is 11.0 Å². The van der Waals surface area contributed by atoms with Gasteiger partial charge in [-0.2, -0.15) is 39.5 Å². The first-order valence-corrected chi connectivity index (χ1v) is 13.2. The van der Waals surface area contributed by atoms with Crippen LogP contribution in [0, 0.1) is 0 Å². The number of halogens is 9. The van der Waals surface area contributed by atoms with Gasteiger partial charge in [0.25, 0.3) is 0 Å². The van der Waals surface area contributed by atoms with Crippen molar-refractivity contribution in [2.45, 2.75) is 76.4 Å². The van der Waals surface area contributed by atoms with Crippen LogP contribution in [0.15, 0.2) is 30.5 Å². The lowest BCUT2D eigenvalue weighted by atomic mass is 9.97. The second-order valence-electron chi connectivity index (χ2n) is 10.3. The Morgan fingerprint density at radius 2 is 1.48 bits per heavy atom. The van der Waals surface area contributed by atoms with Crippen molar-refractivity contribution in [2.24, 2.45) is 0 Å². The molecule has 232 valence electrons. The Labute approximate surface area is 235 Å². The van der Waals surface area contributed by atoms with Gasteiger partial charge in [0, 0.05) is 37.6 Å². The number of hydrogen-bond acceptors (Lipinski definition) is 5. The van der Waals surface area contributed by atoms with E-state index in [4.69, 9.17) is 9.47 Å². The minimum Gasteiger partial charge on any atom is -0.439 e. The zero-order chi connectivity index (χ0) is 31.0. The van der Waals surface area contributed by atoms with E-state index >= 15 is 0 Å². The number of hydrogen-bond donors (Lipinski definition) is 0. The van der Waals surface area contributed by atoms with Crippen LogP contribution in [0.2, 0.25) is 0 Å². The number of benzene rings is 1. The Morgan fingerprint density at radius 3 is 2.00 bits per heavy atom. The van der Waals surface area contributed by atoms with Crippen LogP contribution in [0.4, 0.5) is 50.1 Å². The number of amides is 1. The zero-order valence-corrected chi connectivity index (χ0v) is 22.5. The summed E-state index contributed by atoms with van der Waals surface area (Å²) in [7, 11) is 0. The summed E-state index contributed by atoms with van der Waals surface area (Å²) in [6, 6.07) is 0.512. The molecule has 15 heteroatoms. The van der Waals surface area contributed by atoms with Crippen molar-refractivity contribution in [1.29, 1.82) is 0 Å². The van der Waals surface area contributed by atoms with Gasteiger partial charge < -0.3 is 14.4 Å². The van der Waals surface area contributed by atoms with Crippen LogP contribution < -0.4 is 4.90 Å². The van der Waals surface area contributed by atoms with E-state index in [9.17, 15) is 44.3 Å². The largest absolute Gasteiger partial charge is 0.439 e. The van der Waals surface area contributed by atoms with Gasteiger partial charge in [0.2, 0.25) is 0 Å². The van der Waals surface area contributed by atoms with Gasteiger partial charge >= 0.3 is 24.6 Å². The van der Waals surface area contributed by atoms with Crippen LogP contribution in [-0.2, 0) is 34.5 Å². The number of ether oxygens (including phenoxy) is 2. The molecule has 6 nitrogen and oxygen atoms in total. The van der Waals surface area contributed by atoms with E-state index in [0.29, 0.717) is 57.4 Å². The molecule has 1 aromatic heterocycles. The van der Waals surface area contributed by atoms with Crippen molar-refractivity contribution in [3.63, 3.8) is 0 Å². The maximum absolute atomic E-state index is 13.7. The molecule has 2 aliphatic rings. The number of carbonyl (C=O) groups is 1. The topological polar surface area (TPSA) is 54.9 Å². The molecular weight excluding hydrogens is 585 g/mol. The van der Waals surface area contributed by atoms with Gasteiger partial charge in [0.1, 0.15) is 11.9 Å². The highest BCUT2D eigenvalue weighted by Gasteiger charge is 2.44. The van der Waals surface area contributed by atoms with Gasteiger partial charge in [-0.15, -0.1) is 0 Å². The summed E-state index contributed by atoms with van der Waals surface area (Å²) in [6.07, 6.45) is -15.2. The van der Waals surface area contributed by atoms with E-state index in [-0.39, 0.29) is 23.5 Å². The third kappa shape index (κ3) is 6.87. The standard InChI is InChI=1S/C27H28F9N3O3/c1-3-6-38(21-4-7-41-8-5-21)23-17(11-20(13-37-23)27(34,35)36)14-39-15(2)22(42-24(39)40)16-9-18(25(28,29)30)12-19(10-16)26(31,32)33/h9-13,15,21-22H,3-8,14H2,1-2H3. The second kappa shape index (κ2) is 11.8. The third-order valence-corrected chi connectivity index (χ3v) is 7.31. The van der Waals surface area contributed by atoms with Gasteiger partial charge in [-0.3, -0.25) is 4.90 Å². The average molecular weight is 614 g/mol. The van der Waals surface area contributed by atoms with Crippen molar-refractivity contribution in [1.82, 2.24) is 9.88 Å². The van der Waals surface area contributed by atoms with E-state index in [2.05, 4.69) is 4.98 Å². The van der Waals surface area contributed by atoms with Crippen molar-refractivity contribution >= 4 is 11.9 Å². The van der Waals surface area contributed by atoms with Crippen molar-refractivity contribution in [2.75, 3.05) is 24.7 Å². The molecule has 0 spiro atoms. The van der Waals surface area contributed by atoms with Gasteiger partial charge in [0.15, 0.2) is 0 Å². The molecule has 2 aliphatic heterocycles. The van der Waals surface area contributed by atoms with Gasteiger partial charge in [-0.1, -0.05) is 6.92 Å². The van der Waals surface area contributed by atoms with Crippen LogP contribution in [0.25, 0.3) is 0 Å². The Hall–Kier alpha value is -3.23. The Balaban J connectivity index is 1.72. The van der Waals surface area contributed by atoms with E-state index in [1.165, 1.54) is 6.92 Å². The molecule has 1 aromatic carbocycles. The highest BCUT2D eigenvalue weighted by atomic mass is 19.4. The summed E-state index contributed by atoms with van der Waals surface area (Å²) >= 11 is 0. The number of nitrogens with zero attached hydrogens (tertiary/aromatic N) is 3. The number of alkyl halides is 9. The molecule has 42 heavy (non-hydrogen) atoms. The first-order chi connectivity index (χ1) is 19.5. The smallest absolute Gasteiger partial charge is 0.417 e.